The van der Waals surface area contributed by atoms with Gasteiger partial charge in [0, 0.05) is 24.2 Å². The highest BCUT2D eigenvalue weighted by Gasteiger charge is 2.29. The van der Waals surface area contributed by atoms with Crippen molar-refractivity contribution < 1.29 is 9.72 Å². The number of hydrogen-bond donors (Lipinski definition) is 0. The van der Waals surface area contributed by atoms with E-state index in [1.165, 1.54) is 17.2 Å². The number of benzene rings is 2. The molecule has 5 nitrogen and oxygen atoms in total. The maximum atomic E-state index is 12.7. The van der Waals surface area contributed by atoms with Gasteiger partial charge in [0.1, 0.15) is 0 Å². The minimum atomic E-state index is -0.447. The highest BCUT2D eigenvalue weighted by molar-refractivity contribution is 5.95. The van der Waals surface area contributed by atoms with Crippen LogP contribution in [0.4, 0.5) is 5.69 Å². The van der Waals surface area contributed by atoms with Crippen LogP contribution < -0.4 is 0 Å². The average Bonchev–Trinajstić information content (AvgIpc) is 2.97. The molecule has 2 aromatic rings. The van der Waals surface area contributed by atoms with Gasteiger partial charge in [-0.1, -0.05) is 30.3 Å². The number of aryl methyl sites for hydroxylation is 2. The molecule has 0 N–H and O–H groups in total. The smallest absolute Gasteiger partial charge is 0.273 e. The minimum absolute atomic E-state index is 0.0175. The van der Waals surface area contributed by atoms with Gasteiger partial charge in [0.25, 0.3) is 11.6 Å². The lowest BCUT2D eigenvalue weighted by Crippen LogP contribution is -2.30. The third-order valence-electron chi connectivity index (χ3n) is 4.54. The van der Waals surface area contributed by atoms with Gasteiger partial charge in [-0.3, -0.25) is 14.9 Å². The number of amides is 1. The number of rotatable bonds is 3. The Bertz CT molecular complexity index is 786. The third kappa shape index (κ3) is 2.70. The monoisotopic (exact) mass is 310 g/mol. The minimum Gasteiger partial charge on any atom is -0.335 e. The van der Waals surface area contributed by atoms with Crippen molar-refractivity contribution in [3.63, 3.8) is 0 Å². The first-order valence-corrected chi connectivity index (χ1v) is 7.59. The Morgan fingerprint density at radius 3 is 2.74 bits per heavy atom. The van der Waals surface area contributed by atoms with Gasteiger partial charge in [-0.15, -0.1) is 0 Å². The van der Waals surface area contributed by atoms with Gasteiger partial charge in [0.2, 0.25) is 0 Å². The number of carbonyl (C=O) groups excluding carboxylic acids is 1. The van der Waals surface area contributed by atoms with Crippen molar-refractivity contribution in [2.75, 3.05) is 7.05 Å². The second-order valence-corrected chi connectivity index (χ2v) is 5.93. The Morgan fingerprint density at radius 2 is 2.00 bits per heavy atom. The van der Waals surface area contributed by atoms with Crippen molar-refractivity contribution in [3.8, 4) is 0 Å². The molecule has 0 saturated carbocycles. The molecule has 0 aliphatic heterocycles. The van der Waals surface area contributed by atoms with E-state index >= 15 is 0 Å². The second kappa shape index (κ2) is 5.83. The lowest BCUT2D eigenvalue weighted by molar-refractivity contribution is -0.385. The van der Waals surface area contributed by atoms with Gasteiger partial charge in [0.15, 0.2) is 0 Å². The molecule has 0 fully saturated rings. The lowest BCUT2D eigenvalue weighted by Gasteiger charge is -2.25. The van der Waals surface area contributed by atoms with Crippen molar-refractivity contribution >= 4 is 11.6 Å². The second-order valence-electron chi connectivity index (χ2n) is 5.93. The van der Waals surface area contributed by atoms with Crippen molar-refractivity contribution in [1.29, 1.82) is 0 Å². The summed E-state index contributed by atoms with van der Waals surface area (Å²) in [6, 6.07) is 12.8. The van der Waals surface area contributed by atoms with Gasteiger partial charge >= 0.3 is 0 Å². The van der Waals surface area contributed by atoms with Crippen LogP contribution >= 0.6 is 0 Å². The van der Waals surface area contributed by atoms with Crippen molar-refractivity contribution in [2.24, 2.45) is 0 Å². The van der Waals surface area contributed by atoms with Gasteiger partial charge < -0.3 is 4.90 Å². The molecule has 0 unspecified atom stereocenters. The van der Waals surface area contributed by atoms with E-state index < -0.39 is 4.92 Å². The van der Waals surface area contributed by atoms with E-state index in [0.29, 0.717) is 11.1 Å². The lowest BCUT2D eigenvalue weighted by atomic mass is 10.1. The zero-order valence-corrected chi connectivity index (χ0v) is 13.2. The van der Waals surface area contributed by atoms with Crippen LogP contribution in [-0.4, -0.2) is 22.8 Å². The summed E-state index contributed by atoms with van der Waals surface area (Å²) in [7, 11) is 1.76. The van der Waals surface area contributed by atoms with Crippen LogP contribution in [-0.2, 0) is 6.42 Å². The maximum absolute atomic E-state index is 12.7. The predicted molar refractivity (Wildman–Crippen MR) is 87.4 cm³/mol. The standard InChI is InChI=1S/C18H18N2O3/c1-12-7-8-14(11-17(12)20(22)23)18(21)19(2)16-10-9-13-5-3-4-6-15(13)16/h3-8,11,16H,9-10H2,1-2H3/t16-/m0/s1. The molecule has 1 aliphatic carbocycles. The number of fused-ring (bicyclic) bond motifs is 1. The number of nitro groups is 1. The number of carbonyl (C=O) groups is 1. The summed E-state index contributed by atoms with van der Waals surface area (Å²) in [5, 5.41) is 11.1. The fourth-order valence-corrected chi connectivity index (χ4v) is 3.22. The summed E-state index contributed by atoms with van der Waals surface area (Å²) in [6.45, 7) is 1.67. The van der Waals surface area contributed by atoms with E-state index in [-0.39, 0.29) is 17.6 Å². The zero-order valence-electron chi connectivity index (χ0n) is 13.2. The van der Waals surface area contributed by atoms with Crippen molar-refractivity contribution in [2.45, 2.75) is 25.8 Å². The Morgan fingerprint density at radius 1 is 1.26 bits per heavy atom. The third-order valence-corrected chi connectivity index (χ3v) is 4.54. The first kappa shape index (κ1) is 15.2. The Hall–Kier alpha value is -2.69. The number of hydrogen-bond acceptors (Lipinski definition) is 3. The molecule has 1 aliphatic rings. The van der Waals surface area contributed by atoms with Crippen molar-refractivity contribution in [3.05, 3.63) is 74.8 Å². The molecule has 0 radical (unpaired) electrons. The number of nitrogens with zero attached hydrogens (tertiary/aromatic N) is 2. The van der Waals surface area contributed by atoms with Crippen LogP contribution in [0.15, 0.2) is 42.5 Å². The molecule has 0 heterocycles. The van der Waals surface area contributed by atoms with Crippen LogP contribution in [0.3, 0.4) is 0 Å². The summed E-state index contributed by atoms with van der Waals surface area (Å²) < 4.78 is 0. The molecule has 0 aromatic heterocycles. The molecular weight excluding hydrogens is 292 g/mol. The van der Waals surface area contributed by atoms with Crippen LogP contribution in [0.5, 0.6) is 0 Å². The molecule has 3 rings (SSSR count). The largest absolute Gasteiger partial charge is 0.335 e. The van der Waals surface area contributed by atoms with Crippen LogP contribution in [0.25, 0.3) is 0 Å². The molecule has 2 aromatic carbocycles. The van der Waals surface area contributed by atoms with E-state index in [4.69, 9.17) is 0 Å². The van der Waals surface area contributed by atoms with E-state index in [0.717, 1.165) is 12.8 Å². The van der Waals surface area contributed by atoms with E-state index in [1.54, 1.807) is 31.0 Å². The summed E-state index contributed by atoms with van der Waals surface area (Å²) >= 11 is 0. The Labute approximate surface area is 134 Å². The van der Waals surface area contributed by atoms with Crippen LogP contribution in [0, 0.1) is 17.0 Å². The van der Waals surface area contributed by atoms with E-state index in [2.05, 4.69) is 6.07 Å². The molecule has 118 valence electrons. The highest BCUT2D eigenvalue weighted by atomic mass is 16.6. The van der Waals surface area contributed by atoms with Gasteiger partial charge in [-0.05, 0) is 37.0 Å². The Balaban J connectivity index is 1.89. The Kier molecular flexibility index (Phi) is 3.86. The summed E-state index contributed by atoms with van der Waals surface area (Å²) in [4.78, 5) is 25.0. The summed E-state index contributed by atoms with van der Waals surface area (Å²) in [5.41, 5.74) is 3.34. The van der Waals surface area contributed by atoms with E-state index in [1.807, 2.05) is 18.2 Å². The quantitative estimate of drug-likeness (QED) is 0.642. The molecule has 5 heteroatoms. The van der Waals surface area contributed by atoms with E-state index in [9.17, 15) is 14.9 Å². The first-order chi connectivity index (χ1) is 11.0. The van der Waals surface area contributed by atoms with Gasteiger partial charge in [-0.25, -0.2) is 0 Å². The fraction of sp³-hybridized carbons (Fsp3) is 0.278. The molecule has 0 spiro atoms. The molecule has 23 heavy (non-hydrogen) atoms. The molecule has 1 amide bonds. The fourth-order valence-electron chi connectivity index (χ4n) is 3.22. The molecule has 0 bridgehead atoms. The maximum Gasteiger partial charge on any atom is 0.273 e. The predicted octanol–water partition coefficient (Wildman–Crippen LogP) is 3.66. The SMILES string of the molecule is Cc1ccc(C(=O)N(C)[C@H]2CCc3ccccc32)cc1[N+](=O)[O-]. The van der Waals surface area contributed by atoms with Crippen LogP contribution in [0.1, 0.15) is 39.5 Å². The molecule has 0 saturated heterocycles. The molecule has 1 atom stereocenters. The van der Waals surface area contributed by atoms with Gasteiger partial charge in [0.05, 0.1) is 11.0 Å². The number of nitro benzene ring substituents is 1. The first-order valence-electron chi connectivity index (χ1n) is 7.59. The average molecular weight is 310 g/mol. The van der Waals surface area contributed by atoms with Crippen LogP contribution in [0.2, 0.25) is 0 Å². The normalized spacial score (nSPS) is 16.0. The molecular formula is C18H18N2O3. The van der Waals surface area contributed by atoms with Crippen molar-refractivity contribution in [1.82, 2.24) is 4.90 Å². The zero-order chi connectivity index (χ0) is 16.6. The summed E-state index contributed by atoms with van der Waals surface area (Å²) in [6.07, 6.45) is 1.84. The highest BCUT2D eigenvalue weighted by Crippen LogP contribution is 2.35. The van der Waals surface area contributed by atoms with Gasteiger partial charge in [-0.2, -0.15) is 0 Å². The summed E-state index contributed by atoms with van der Waals surface area (Å²) in [5.74, 6) is -0.185. The topological polar surface area (TPSA) is 63.5 Å².